The van der Waals surface area contributed by atoms with E-state index in [0.29, 0.717) is 0 Å². The predicted molar refractivity (Wildman–Crippen MR) is 28.3 cm³/mol. The Morgan fingerprint density at radius 1 is 1.50 bits per heavy atom. The van der Waals surface area contributed by atoms with E-state index in [1.807, 2.05) is 0 Å². The van der Waals surface area contributed by atoms with Gasteiger partial charge in [-0.05, 0) is 0 Å². The minimum atomic E-state index is -2.68. The van der Waals surface area contributed by atoms with Gasteiger partial charge >= 0.3 is 6.61 Å². The summed E-state index contributed by atoms with van der Waals surface area (Å²) in [6, 6.07) is 0. The highest BCUT2D eigenvalue weighted by Gasteiger charge is 1.96. The third-order valence-corrected chi connectivity index (χ3v) is 0.362. The summed E-state index contributed by atoms with van der Waals surface area (Å²) in [5.74, 6) is 0. The highest BCUT2D eigenvalue weighted by atomic mass is 35.5. The van der Waals surface area contributed by atoms with Crippen LogP contribution >= 0.6 is 12.4 Å². The summed E-state index contributed by atoms with van der Waals surface area (Å²) in [4.78, 5) is 0. The van der Waals surface area contributed by atoms with Crippen LogP contribution in [0.3, 0.4) is 0 Å². The normalized spacial score (nSPS) is 9.00. The van der Waals surface area contributed by atoms with E-state index in [1.54, 1.807) is 0 Å². The standard InChI is InChI=1S/C3H7F2NO.ClH/c4-3(5)7-2-1-6;/h3H,1-2,6H2;1H. The van der Waals surface area contributed by atoms with Crippen LogP contribution in [0.5, 0.6) is 0 Å². The van der Waals surface area contributed by atoms with E-state index in [4.69, 9.17) is 5.73 Å². The zero-order valence-electron chi connectivity index (χ0n) is 4.14. The van der Waals surface area contributed by atoms with E-state index in [0.717, 1.165) is 0 Å². The van der Waals surface area contributed by atoms with Crippen molar-refractivity contribution in [3.63, 3.8) is 0 Å². The van der Waals surface area contributed by atoms with Crippen molar-refractivity contribution in [1.82, 2.24) is 0 Å². The Hall–Kier alpha value is 0.0700. The topological polar surface area (TPSA) is 35.2 Å². The molecule has 0 aliphatic rings. The van der Waals surface area contributed by atoms with Crippen molar-refractivity contribution in [1.29, 1.82) is 0 Å². The van der Waals surface area contributed by atoms with E-state index in [2.05, 4.69) is 4.74 Å². The van der Waals surface area contributed by atoms with Crippen LogP contribution in [0.15, 0.2) is 0 Å². The zero-order chi connectivity index (χ0) is 5.70. The third kappa shape index (κ3) is 9.42. The Bertz CT molecular complexity index is 46.3. The van der Waals surface area contributed by atoms with Gasteiger partial charge in [0, 0.05) is 6.54 Å². The van der Waals surface area contributed by atoms with E-state index in [9.17, 15) is 8.78 Å². The van der Waals surface area contributed by atoms with Crippen LogP contribution in [0.25, 0.3) is 0 Å². The summed E-state index contributed by atoms with van der Waals surface area (Å²) < 4.78 is 25.6. The smallest absolute Gasteiger partial charge is 0.328 e. The first-order valence-electron chi connectivity index (χ1n) is 1.87. The molecule has 0 spiro atoms. The molecule has 0 amide bonds. The van der Waals surface area contributed by atoms with Crippen LogP contribution in [-0.4, -0.2) is 19.8 Å². The lowest BCUT2D eigenvalue weighted by atomic mass is 10.7. The number of hydrogen-bond donors (Lipinski definition) is 1. The minimum absolute atomic E-state index is 0. The van der Waals surface area contributed by atoms with Gasteiger partial charge in [0.25, 0.3) is 0 Å². The van der Waals surface area contributed by atoms with Gasteiger partial charge in [-0.3, -0.25) is 0 Å². The molecule has 0 bridgehead atoms. The van der Waals surface area contributed by atoms with Crippen LogP contribution in [0.4, 0.5) is 8.78 Å². The largest absolute Gasteiger partial charge is 0.345 e. The summed E-state index contributed by atoms with van der Waals surface area (Å²) in [5.41, 5.74) is 4.82. The van der Waals surface area contributed by atoms with Crippen LogP contribution in [0.1, 0.15) is 0 Å². The lowest BCUT2D eigenvalue weighted by Crippen LogP contribution is -2.10. The molecule has 2 nitrogen and oxygen atoms in total. The molecule has 0 fully saturated rings. The molecule has 0 radical (unpaired) electrons. The fourth-order valence-corrected chi connectivity index (χ4v) is 0.157. The molecule has 0 aromatic heterocycles. The second-order valence-electron chi connectivity index (χ2n) is 0.920. The van der Waals surface area contributed by atoms with Gasteiger partial charge in [0.15, 0.2) is 0 Å². The maximum atomic E-state index is 10.9. The number of hydrogen-bond acceptors (Lipinski definition) is 2. The molecule has 2 N–H and O–H groups in total. The Labute approximate surface area is 52.4 Å². The van der Waals surface area contributed by atoms with Crippen LogP contribution in [0.2, 0.25) is 0 Å². The molecular formula is C3H8ClF2NO. The monoisotopic (exact) mass is 147 g/mol. The van der Waals surface area contributed by atoms with Gasteiger partial charge in [0.2, 0.25) is 0 Å². The fourth-order valence-electron chi connectivity index (χ4n) is 0.157. The number of ether oxygens (including phenoxy) is 1. The molecule has 0 heterocycles. The Kier molecular flexibility index (Phi) is 9.68. The summed E-state index contributed by atoms with van der Waals surface area (Å²) in [7, 11) is 0. The summed E-state index contributed by atoms with van der Waals surface area (Å²) >= 11 is 0. The van der Waals surface area contributed by atoms with Gasteiger partial charge in [-0.25, -0.2) is 0 Å². The van der Waals surface area contributed by atoms with Gasteiger partial charge in [-0.2, -0.15) is 8.78 Å². The maximum absolute atomic E-state index is 10.9. The molecule has 0 rings (SSSR count). The molecule has 52 valence electrons. The van der Waals surface area contributed by atoms with Crippen molar-refractivity contribution < 1.29 is 13.5 Å². The summed E-state index contributed by atoms with van der Waals surface area (Å²) in [5, 5.41) is 0. The van der Waals surface area contributed by atoms with Crippen molar-refractivity contribution in [3.8, 4) is 0 Å². The minimum Gasteiger partial charge on any atom is -0.328 e. The van der Waals surface area contributed by atoms with Crippen molar-refractivity contribution in [3.05, 3.63) is 0 Å². The molecular weight excluding hydrogens is 139 g/mol. The Morgan fingerprint density at radius 2 is 2.00 bits per heavy atom. The molecule has 0 saturated carbocycles. The maximum Gasteiger partial charge on any atom is 0.345 e. The first kappa shape index (κ1) is 10.9. The van der Waals surface area contributed by atoms with E-state index in [1.165, 1.54) is 0 Å². The average molecular weight is 148 g/mol. The summed E-state index contributed by atoms with van der Waals surface area (Å²) in [6.45, 7) is -2.61. The number of nitrogens with two attached hydrogens (primary N) is 1. The SMILES string of the molecule is Cl.NCCOC(F)F. The zero-order valence-corrected chi connectivity index (χ0v) is 4.96. The summed E-state index contributed by atoms with van der Waals surface area (Å²) in [6.07, 6.45) is 0. The highest BCUT2D eigenvalue weighted by Crippen LogP contribution is 1.90. The van der Waals surface area contributed by atoms with Gasteiger partial charge in [0.05, 0.1) is 6.61 Å². The number of halogens is 3. The quantitative estimate of drug-likeness (QED) is 0.635. The Balaban J connectivity index is 0. The molecule has 0 unspecified atom stereocenters. The molecule has 0 aromatic rings. The number of alkyl halides is 2. The fraction of sp³-hybridized carbons (Fsp3) is 1.00. The van der Waals surface area contributed by atoms with Crippen molar-refractivity contribution in [2.75, 3.05) is 13.2 Å². The van der Waals surface area contributed by atoms with Gasteiger partial charge in [0.1, 0.15) is 0 Å². The van der Waals surface area contributed by atoms with Crippen LogP contribution in [-0.2, 0) is 4.74 Å². The Morgan fingerprint density at radius 3 is 2.12 bits per heavy atom. The van der Waals surface area contributed by atoms with Gasteiger partial charge in [-0.15, -0.1) is 12.4 Å². The molecule has 0 aromatic carbocycles. The van der Waals surface area contributed by atoms with Crippen molar-refractivity contribution in [2.24, 2.45) is 5.73 Å². The second-order valence-corrected chi connectivity index (χ2v) is 0.920. The first-order chi connectivity index (χ1) is 3.27. The van der Waals surface area contributed by atoms with Crippen LogP contribution in [0, 0.1) is 0 Å². The predicted octanol–water partition coefficient (Wildman–Crippen LogP) is 0.606. The second kappa shape index (κ2) is 7.07. The average Bonchev–Trinajstić information content (AvgIpc) is 1.61. The molecule has 0 aliphatic carbocycles. The molecule has 5 heteroatoms. The van der Waals surface area contributed by atoms with E-state index >= 15 is 0 Å². The van der Waals surface area contributed by atoms with Crippen LogP contribution < -0.4 is 5.73 Å². The van der Waals surface area contributed by atoms with E-state index in [-0.39, 0.29) is 25.6 Å². The highest BCUT2D eigenvalue weighted by molar-refractivity contribution is 5.85. The lowest BCUT2D eigenvalue weighted by molar-refractivity contribution is -0.126. The number of rotatable bonds is 3. The molecule has 8 heavy (non-hydrogen) atoms. The first-order valence-corrected chi connectivity index (χ1v) is 1.87. The van der Waals surface area contributed by atoms with Gasteiger partial charge < -0.3 is 10.5 Å². The van der Waals surface area contributed by atoms with Gasteiger partial charge in [-0.1, -0.05) is 0 Å². The molecule has 0 atom stereocenters. The third-order valence-electron chi connectivity index (χ3n) is 0.362. The molecule has 0 aliphatic heterocycles. The van der Waals surface area contributed by atoms with E-state index < -0.39 is 6.61 Å². The lowest BCUT2D eigenvalue weighted by Gasteiger charge is -1.95. The molecule has 0 saturated heterocycles. The van der Waals surface area contributed by atoms with Crippen molar-refractivity contribution >= 4 is 12.4 Å². The van der Waals surface area contributed by atoms with Crippen molar-refractivity contribution in [2.45, 2.75) is 6.61 Å².